The number of hydrogen-bond donors (Lipinski definition) is 2. The van der Waals surface area contributed by atoms with Gasteiger partial charge in [0.05, 0.1) is 11.5 Å². The summed E-state index contributed by atoms with van der Waals surface area (Å²) in [5.41, 5.74) is 1.69. The molecule has 1 atom stereocenters. The molecule has 1 aromatic carbocycles. The van der Waals surface area contributed by atoms with Gasteiger partial charge in [0, 0.05) is 5.69 Å². The number of hydrogen-bond acceptors (Lipinski definition) is 2. The lowest BCUT2D eigenvalue weighted by Gasteiger charge is -2.01. The van der Waals surface area contributed by atoms with Crippen LogP contribution in [0.3, 0.4) is 0 Å². The molecule has 0 saturated carbocycles. The maximum atomic E-state index is 11.3. The van der Waals surface area contributed by atoms with Crippen molar-refractivity contribution in [3.63, 3.8) is 0 Å². The SMILES string of the molecule is C[C@@H]1C(=O)Nc2ccc(C(=O)O)cc21. The minimum absolute atomic E-state index is 0.0810. The van der Waals surface area contributed by atoms with Crippen molar-refractivity contribution in [1.29, 1.82) is 0 Å². The number of anilines is 1. The molecular weight excluding hydrogens is 182 g/mol. The Labute approximate surface area is 80.6 Å². The summed E-state index contributed by atoms with van der Waals surface area (Å²) in [6.45, 7) is 1.76. The molecule has 0 fully saturated rings. The summed E-state index contributed by atoms with van der Waals surface area (Å²) >= 11 is 0. The molecule has 2 N–H and O–H groups in total. The van der Waals surface area contributed by atoms with Gasteiger partial charge in [0.1, 0.15) is 0 Å². The highest BCUT2D eigenvalue weighted by Crippen LogP contribution is 2.32. The van der Waals surface area contributed by atoms with Crippen LogP contribution in [0.1, 0.15) is 28.8 Å². The molecule has 14 heavy (non-hydrogen) atoms. The van der Waals surface area contributed by atoms with Gasteiger partial charge in [-0.1, -0.05) is 0 Å². The Kier molecular flexibility index (Phi) is 1.77. The molecule has 0 aromatic heterocycles. The quantitative estimate of drug-likeness (QED) is 0.705. The number of amides is 1. The number of benzene rings is 1. The topological polar surface area (TPSA) is 66.4 Å². The van der Waals surface area contributed by atoms with E-state index in [0.29, 0.717) is 5.69 Å². The van der Waals surface area contributed by atoms with Gasteiger partial charge in [-0.3, -0.25) is 4.79 Å². The van der Waals surface area contributed by atoms with Crippen molar-refractivity contribution >= 4 is 17.6 Å². The first-order valence-electron chi connectivity index (χ1n) is 4.27. The van der Waals surface area contributed by atoms with Crippen molar-refractivity contribution in [2.45, 2.75) is 12.8 Å². The summed E-state index contributed by atoms with van der Waals surface area (Å²) in [6.07, 6.45) is 0. The van der Waals surface area contributed by atoms with Crippen molar-refractivity contribution in [3.05, 3.63) is 29.3 Å². The van der Waals surface area contributed by atoms with Crippen LogP contribution in [0.25, 0.3) is 0 Å². The van der Waals surface area contributed by atoms with Gasteiger partial charge in [-0.2, -0.15) is 0 Å². The van der Waals surface area contributed by atoms with E-state index in [0.717, 1.165) is 5.56 Å². The van der Waals surface area contributed by atoms with Crippen LogP contribution < -0.4 is 5.32 Å². The Balaban J connectivity index is 2.51. The summed E-state index contributed by atoms with van der Waals surface area (Å²) in [5, 5.41) is 11.4. The molecule has 0 bridgehead atoms. The van der Waals surface area contributed by atoms with Crippen molar-refractivity contribution in [1.82, 2.24) is 0 Å². The zero-order chi connectivity index (χ0) is 10.3. The van der Waals surface area contributed by atoms with E-state index in [4.69, 9.17) is 5.11 Å². The maximum Gasteiger partial charge on any atom is 0.335 e. The van der Waals surface area contributed by atoms with E-state index in [1.165, 1.54) is 6.07 Å². The van der Waals surface area contributed by atoms with Crippen LogP contribution in [-0.4, -0.2) is 17.0 Å². The Morgan fingerprint density at radius 3 is 2.86 bits per heavy atom. The van der Waals surface area contributed by atoms with Crippen LogP contribution in [0.4, 0.5) is 5.69 Å². The summed E-state index contributed by atoms with van der Waals surface area (Å²) < 4.78 is 0. The number of rotatable bonds is 1. The van der Waals surface area contributed by atoms with E-state index in [1.807, 2.05) is 0 Å². The van der Waals surface area contributed by atoms with E-state index < -0.39 is 5.97 Å². The molecule has 1 amide bonds. The third-order valence-corrected chi connectivity index (χ3v) is 2.42. The number of fused-ring (bicyclic) bond motifs is 1. The predicted molar refractivity (Wildman–Crippen MR) is 50.4 cm³/mol. The summed E-state index contributed by atoms with van der Waals surface area (Å²) in [6, 6.07) is 4.65. The zero-order valence-electron chi connectivity index (χ0n) is 7.57. The van der Waals surface area contributed by atoms with Crippen molar-refractivity contribution in [2.75, 3.05) is 5.32 Å². The normalized spacial score (nSPS) is 18.9. The van der Waals surface area contributed by atoms with Gasteiger partial charge in [0.15, 0.2) is 0 Å². The largest absolute Gasteiger partial charge is 0.478 e. The number of aromatic carboxylic acids is 1. The Morgan fingerprint density at radius 1 is 1.50 bits per heavy atom. The molecule has 0 unspecified atom stereocenters. The van der Waals surface area contributed by atoms with Crippen LogP contribution in [0.2, 0.25) is 0 Å². The molecular formula is C10H9NO3. The molecule has 2 rings (SSSR count). The number of nitrogens with one attached hydrogen (secondary N) is 1. The average Bonchev–Trinajstić information content (AvgIpc) is 2.43. The molecule has 4 nitrogen and oxygen atoms in total. The van der Waals surface area contributed by atoms with E-state index in [9.17, 15) is 9.59 Å². The van der Waals surface area contributed by atoms with Crippen LogP contribution in [0.5, 0.6) is 0 Å². The van der Waals surface area contributed by atoms with E-state index in [1.54, 1.807) is 19.1 Å². The van der Waals surface area contributed by atoms with Crippen molar-refractivity contribution < 1.29 is 14.7 Å². The van der Waals surface area contributed by atoms with Gasteiger partial charge in [-0.05, 0) is 30.7 Å². The van der Waals surface area contributed by atoms with Crippen LogP contribution in [0.15, 0.2) is 18.2 Å². The number of carboxylic acid groups (broad SMARTS) is 1. The zero-order valence-corrected chi connectivity index (χ0v) is 7.57. The lowest BCUT2D eigenvalue weighted by atomic mass is 10.0. The first-order chi connectivity index (χ1) is 6.59. The van der Waals surface area contributed by atoms with Gasteiger partial charge < -0.3 is 10.4 Å². The van der Waals surface area contributed by atoms with Gasteiger partial charge in [0.2, 0.25) is 5.91 Å². The second-order valence-corrected chi connectivity index (χ2v) is 3.32. The summed E-state index contributed by atoms with van der Waals surface area (Å²) in [4.78, 5) is 21.9. The molecule has 0 radical (unpaired) electrons. The monoisotopic (exact) mass is 191 g/mol. The smallest absolute Gasteiger partial charge is 0.335 e. The van der Waals surface area contributed by atoms with Crippen LogP contribution >= 0.6 is 0 Å². The van der Waals surface area contributed by atoms with E-state index >= 15 is 0 Å². The minimum atomic E-state index is -0.973. The lowest BCUT2D eigenvalue weighted by Crippen LogP contribution is -2.08. The fourth-order valence-electron chi connectivity index (χ4n) is 1.55. The third kappa shape index (κ3) is 1.16. The molecule has 1 aliphatic rings. The molecule has 0 aliphatic carbocycles. The number of carboxylic acids is 1. The predicted octanol–water partition coefficient (Wildman–Crippen LogP) is 1.44. The first kappa shape index (κ1) is 8.74. The second kappa shape index (κ2) is 2.83. The fourth-order valence-corrected chi connectivity index (χ4v) is 1.55. The fraction of sp³-hybridized carbons (Fsp3) is 0.200. The maximum absolute atomic E-state index is 11.3. The van der Waals surface area contributed by atoms with Gasteiger partial charge >= 0.3 is 5.97 Å². The molecule has 0 saturated heterocycles. The first-order valence-corrected chi connectivity index (χ1v) is 4.27. The molecule has 4 heteroatoms. The molecule has 1 aliphatic heterocycles. The minimum Gasteiger partial charge on any atom is -0.478 e. The molecule has 1 aromatic rings. The Bertz CT molecular complexity index is 425. The number of carbonyl (C=O) groups excluding carboxylic acids is 1. The third-order valence-electron chi connectivity index (χ3n) is 2.42. The highest BCUT2D eigenvalue weighted by molar-refractivity contribution is 6.03. The molecule has 0 spiro atoms. The van der Waals surface area contributed by atoms with E-state index in [2.05, 4.69) is 5.32 Å². The lowest BCUT2D eigenvalue weighted by molar-refractivity contribution is -0.116. The molecule has 72 valence electrons. The highest BCUT2D eigenvalue weighted by Gasteiger charge is 2.26. The summed E-state index contributed by atoms with van der Waals surface area (Å²) in [5.74, 6) is -1.31. The second-order valence-electron chi connectivity index (χ2n) is 3.32. The Hall–Kier alpha value is -1.84. The van der Waals surface area contributed by atoms with Gasteiger partial charge in [0.25, 0.3) is 0 Å². The standard InChI is InChI=1S/C10H9NO3/c1-5-7-4-6(10(13)14)2-3-8(7)11-9(5)12/h2-5H,1H3,(H,11,12)(H,13,14)/t5-/m0/s1. The Morgan fingerprint density at radius 2 is 2.21 bits per heavy atom. The average molecular weight is 191 g/mol. The van der Waals surface area contributed by atoms with Crippen molar-refractivity contribution in [2.24, 2.45) is 0 Å². The van der Waals surface area contributed by atoms with Crippen molar-refractivity contribution in [3.8, 4) is 0 Å². The summed E-state index contributed by atoms with van der Waals surface area (Å²) in [7, 11) is 0. The highest BCUT2D eigenvalue weighted by atomic mass is 16.4. The molecule has 1 heterocycles. The van der Waals surface area contributed by atoms with Gasteiger partial charge in [-0.25, -0.2) is 4.79 Å². The van der Waals surface area contributed by atoms with Crippen LogP contribution in [0, 0.1) is 0 Å². The number of carbonyl (C=O) groups is 2. The van der Waals surface area contributed by atoms with Crippen LogP contribution in [-0.2, 0) is 4.79 Å². The van der Waals surface area contributed by atoms with E-state index in [-0.39, 0.29) is 17.4 Å². The van der Waals surface area contributed by atoms with Gasteiger partial charge in [-0.15, -0.1) is 0 Å².